The number of imidazole rings is 1. The normalized spacial score (nSPS) is 11.3. The van der Waals surface area contributed by atoms with Crippen LogP contribution in [0.1, 0.15) is 31.7 Å². The summed E-state index contributed by atoms with van der Waals surface area (Å²) in [6, 6.07) is 7.68. The van der Waals surface area contributed by atoms with Crippen LogP contribution < -0.4 is 5.32 Å². The summed E-state index contributed by atoms with van der Waals surface area (Å²) >= 11 is 0. The monoisotopic (exact) mass is 256 g/mol. The molecule has 0 unspecified atom stereocenters. The predicted octanol–water partition coefficient (Wildman–Crippen LogP) is 2.14. The molecule has 1 heterocycles. The van der Waals surface area contributed by atoms with Crippen LogP contribution >= 0.6 is 0 Å². The summed E-state index contributed by atoms with van der Waals surface area (Å²) in [7, 11) is 0. The van der Waals surface area contributed by atoms with Crippen molar-refractivity contribution in [3.63, 3.8) is 0 Å². The van der Waals surface area contributed by atoms with Crippen molar-refractivity contribution < 1.29 is 4.79 Å². The van der Waals surface area contributed by atoms with Gasteiger partial charge in [-0.1, -0.05) is 6.07 Å². The van der Waals surface area contributed by atoms with Gasteiger partial charge in [-0.3, -0.25) is 4.79 Å². The third kappa shape index (κ3) is 2.74. The van der Waals surface area contributed by atoms with Crippen molar-refractivity contribution >= 4 is 16.9 Å². The van der Waals surface area contributed by atoms with Gasteiger partial charge >= 0.3 is 0 Å². The van der Waals surface area contributed by atoms with Gasteiger partial charge in [-0.05, 0) is 38.5 Å². The zero-order chi connectivity index (χ0) is 14.0. The fourth-order valence-electron chi connectivity index (χ4n) is 2.06. The van der Waals surface area contributed by atoms with Gasteiger partial charge in [0.25, 0.3) is 0 Å². The maximum absolute atomic E-state index is 11.5. The minimum atomic E-state index is -0.527. The predicted molar refractivity (Wildman–Crippen MR) is 72.2 cm³/mol. The van der Waals surface area contributed by atoms with Crippen LogP contribution in [0.5, 0.6) is 0 Å². The van der Waals surface area contributed by atoms with Crippen LogP contribution in [0.4, 0.5) is 0 Å². The molecule has 0 atom stereocenters. The molecule has 5 heteroatoms. The number of rotatable bonds is 3. The Hall–Kier alpha value is -2.35. The number of nitrogens with zero attached hydrogens (tertiary/aromatic N) is 2. The van der Waals surface area contributed by atoms with Crippen molar-refractivity contribution in [2.24, 2.45) is 0 Å². The zero-order valence-corrected chi connectivity index (χ0v) is 11.2. The van der Waals surface area contributed by atoms with Crippen LogP contribution in [0.15, 0.2) is 18.2 Å². The van der Waals surface area contributed by atoms with E-state index in [1.807, 2.05) is 45.0 Å². The van der Waals surface area contributed by atoms with Gasteiger partial charge in [0, 0.05) is 0 Å². The first kappa shape index (κ1) is 13.1. The molecular formula is C14H16N4O. The van der Waals surface area contributed by atoms with E-state index in [0.29, 0.717) is 0 Å². The molecule has 0 saturated carbocycles. The summed E-state index contributed by atoms with van der Waals surface area (Å²) in [5.41, 5.74) is 2.29. The number of carbonyl (C=O) groups excluding carboxylic acids is 1. The summed E-state index contributed by atoms with van der Waals surface area (Å²) < 4.78 is 0. The quantitative estimate of drug-likeness (QED) is 0.882. The lowest BCUT2D eigenvalue weighted by Gasteiger charge is -2.26. The summed E-state index contributed by atoms with van der Waals surface area (Å²) in [5.74, 6) is 0.590. The highest BCUT2D eigenvalue weighted by Gasteiger charge is 2.23. The number of aryl methyl sites for hydroxylation is 1. The smallest absolute Gasteiger partial charge is 0.234 e. The van der Waals surface area contributed by atoms with Crippen molar-refractivity contribution in [1.82, 2.24) is 15.3 Å². The maximum Gasteiger partial charge on any atom is 0.234 e. The molecule has 0 aliphatic heterocycles. The molecule has 2 N–H and O–H groups in total. The van der Waals surface area contributed by atoms with E-state index in [-0.39, 0.29) is 12.3 Å². The lowest BCUT2D eigenvalue weighted by atomic mass is 9.93. The second kappa shape index (κ2) is 4.73. The van der Waals surface area contributed by atoms with Gasteiger partial charge in [-0.2, -0.15) is 5.26 Å². The Kier molecular flexibility index (Phi) is 3.26. The number of nitrogens with one attached hydrogen (secondary N) is 2. The highest BCUT2D eigenvalue weighted by atomic mass is 16.1. The molecule has 19 heavy (non-hydrogen) atoms. The minimum Gasteiger partial charge on any atom is -0.346 e. The molecule has 2 aromatic rings. The van der Waals surface area contributed by atoms with Gasteiger partial charge in [-0.25, -0.2) is 4.98 Å². The topological polar surface area (TPSA) is 81.6 Å². The molecule has 1 aromatic heterocycles. The Bertz CT molecular complexity index is 664. The second-order valence-electron chi connectivity index (χ2n) is 5.06. The number of aromatic amines is 1. The first-order chi connectivity index (χ1) is 8.92. The molecule has 1 aromatic carbocycles. The van der Waals surface area contributed by atoms with Crippen LogP contribution in [0.25, 0.3) is 11.0 Å². The van der Waals surface area contributed by atoms with Gasteiger partial charge in [0.05, 0.1) is 22.6 Å². The molecule has 0 aliphatic rings. The minimum absolute atomic E-state index is 0.130. The Morgan fingerprint density at radius 3 is 2.95 bits per heavy atom. The molecule has 0 fully saturated rings. The number of hydrogen-bond acceptors (Lipinski definition) is 3. The molecular weight excluding hydrogens is 240 g/mol. The average molecular weight is 256 g/mol. The Morgan fingerprint density at radius 1 is 1.53 bits per heavy atom. The Morgan fingerprint density at radius 2 is 2.26 bits per heavy atom. The van der Waals surface area contributed by atoms with E-state index in [1.165, 1.54) is 0 Å². The van der Waals surface area contributed by atoms with Gasteiger partial charge in [0.1, 0.15) is 12.2 Å². The van der Waals surface area contributed by atoms with E-state index in [1.54, 1.807) is 0 Å². The average Bonchev–Trinajstić information content (AvgIpc) is 2.67. The highest BCUT2D eigenvalue weighted by molar-refractivity contribution is 5.80. The SMILES string of the molecule is Cc1nc2ccc(C(C)(C)NC(=O)CC#N)cc2[nH]1. The van der Waals surface area contributed by atoms with Crippen molar-refractivity contribution in [2.75, 3.05) is 0 Å². The summed E-state index contributed by atoms with van der Waals surface area (Å²) in [5, 5.41) is 11.4. The fourth-order valence-corrected chi connectivity index (χ4v) is 2.06. The Balaban J connectivity index is 2.31. The molecule has 0 bridgehead atoms. The van der Waals surface area contributed by atoms with Gasteiger partial charge in [-0.15, -0.1) is 0 Å². The molecule has 0 spiro atoms. The Labute approximate surface area is 111 Å². The number of carbonyl (C=O) groups is 1. The number of hydrogen-bond donors (Lipinski definition) is 2. The number of benzene rings is 1. The van der Waals surface area contributed by atoms with Gasteiger partial charge in [0.15, 0.2) is 0 Å². The maximum atomic E-state index is 11.5. The van der Waals surface area contributed by atoms with Crippen molar-refractivity contribution in [3.8, 4) is 6.07 Å². The molecule has 98 valence electrons. The second-order valence-corrected chi connectivity index (χ2v) is 5.06. The zero-order valence-electron chi connectivity index (χ0n) is 11.2. The third-order valence-electron chi connectivity index (χ3n) is 3.01. The molecule has 0 aliphatic carbocycles. The fraction of sp³-hybridized carbons (Fsp3) is 0.357. The third-order valence-corrected chi connectivity index (χ3v) is 3.01. The van der Waals surface area contributed by atoms with Crippen LogP contribution in [0.2, 0.25) is 0 Å². The van der Waals surface area contributed by atoms with E-state index >= 15 is 0 Å². The van der Waals surface area contributed by atoms with Gasteiger partial charge < -0.3 is 10.3 Å². The first-order valence-corrected chi connectivity index (χ1v) is 6.07. The summed E-state index contributed by atoms with van der Waals surface area (Å²) in [6.07, 6.45) is -0.130. The summed E-state index contributed by atoms with van der Waals surface area (Å²) in [6.45, 7) is 5.72. The van der Waals surface area contributed by atoms with E-state index in [4.69, 9.17) is 5.26 Å². The lowest BCUT2D eigenvalue weighted by molar-refractivity contribution is -0.121. The number of aromatic nitrogens is 2. The van der Waals surface area contributed by atoms with Crippen LogP contribution in [-0.2, 0) is 10.3 Å². The van der Waals surface area contributed by atoms with E-state index in [9.17, 15) is 4.79 Å². The lowest BCUT2D eigenvalue weighted by Crippen LogP contribution is -2.40. The largest absolute Gasteiger partial charge is 0.346 e. The first-order valence-electron chi connectivity index (χ1n) is 6.07. The van der Waals surface area contributed by atoms with E-state index in [0.717, 1.165) is 22.4 Å². The van der Waals surface area contributed by atoms with Crippen molar-refractivity contribution in [3.05, 3.63) is 29.6 Å². The summed E-state index contributed by atoms with van der Waals surface area (Å²) in [4.78, 5) is 19.1. The number of amides is 1. The number of H-pyrrole nitrogens is 1. The van der Waals surface area contributed by atoms with Crippen LogP contribution in [-0.4, -0.2) is 15.9 Å². The molecule has 5 nitrogen and oxygen atoms in total. The molecule has 1 amide bonds. The number of nitriles is 1. The van der Waals surface area contributed by atoms with Crippen LogP contribution in [0, 0.1) is 18.3 Å². The van der Waals surface area contributed by atoms with Crippen molar-refractivity contribution in [1.29, 1.82) is 5.26 Å². The molecule has 0 saturated heterocycles. The van der Waals surface area contributed by atoms with Crippen LogP contribution in [0.3, 0.4) is 0 Å². The molecule has 2 rings (SSSR count). The van der Waals surface area contributed by atoms with Crippen molar-refractivity contribution in [2.45, 2.75) is 32.7 Å². The molecule has 0 radical (unpaired) electrons. The van der Waals surface area contributed by atoms with E-state index in [2.05, 4.69) is 15.3 Å². The highest BCUT2D eigenvalue weighted by Crippen LogP contribution is 2.23. The van der Waals surface area contributed by atoms with E-state index < -0.39 is 5.54 Å². The standard InChI is InChI=1S/C14H16N4O/c1-9-16-11-5-4-10(8-12(11)17-9)14(2,3)18-13(19)6-7-15/h4-5,8H,6H2,1-3H3,(H,16,17)(H,18,19). The van der Waals surface area contributed by atoms with Gasteiger partial charge in [0.2, 0.25) is 5.91 Å². The number of fused-ring (bicyclic) bond motifs is 1.